The number of benzene rings is 1. The Bertz CT molecular complexity index is 1030. The molecule has 0 aliphatic carbocycles. The van der Waals surface area contributed by atoms with E-state index < -0.39 is 0 Å². The van der Waals surface area contributed by atoms with Gasteiger partial charge in [0.05, 0.1) is 24.7 Å². The molecule has 8 nitrogen and oxygen atoms in total. The first kappa shape index (κ1) is 19.6. The van der Waals surface area contributed by atoms with E-state index in [1.165, 1.54) is 12.1 Å². The van der Waals surface area contributed by atoms with Gasteiger partial charge < -0.3 is 15.3 Å². The summed E-state index contributed by atoms with van der Waals surface area (Å²) in [6.45, 7) is 1.32. The lowest BCUT2D eigenvalue weighted by molar-refractivity contribution is -0.122. The summed E-state index contributed by atoms with van der Waals surface area (Å²) in [6.07, 6.45) is 6.11. The number of phenolic OH excluding ortho intramolecular Hbond substituents is 1. The second-order valence-corrected chi connectivity index (χ2v) is 7.32. The highest BCUT2D eigenvalue weighted by molar-refractivity contribution is 5.94. The molecule has 3 aromatic rings. The third kappa shape index (κ3) is 4.48. The van der Waals surface area contributed by atoms with Crippen LogP contribution in [0.5, 0.6) is 5.75 Å². The maximum absolute atomic E-state index is 12.9. The number of pyridine rings is 1. The van der Waals surface area contributed by atoms with Gasteiger partial charge in [0.2, 0.25) is 5.91 Å². The Balaban J connectivity index is 1.40. The van der Waals surface area contributed by atoms with Gasteiger partial charge >= 0.3 is 0 Å². The van der Waals surface area contributed by atoms with E-state index in [0.717, 1.165) is 17.7 Å². The van der Waals surface area contributed by atoms with E-state index >= 15 is 0 Å². The van der Waals surface area contributed by atoms with E-state index in [-0.39, 0.29) is 30.0 Å². The van der Waals surface area contributed by atoms with Crippen molar-refractivity contribution in [2.24, 2.45) is 0 Å². The molecule has 1 unspecified atom stereocenters. The van der Waals surface area contributed by atoms with E-state index in [1.54, 1.807) is 35.6 Å². The molecule has 1 aliphatic heterocycles. The summed E-state index contributed by atoms with van der Waals surface area (Å²) in [6, 6.07) is 11.8. The van der Waals surface area contributed by atoms with Gasteiger partial charge in [-0.15, -0.1) is 0 Å². The Morgan fingerprint density at radius 1 is 1.13 bits per heavy atom. The molecular formula is C22H23N5O3. The zero-order chi connectivity index (χ0) is 20.9. The second-order valence-electron chi connectivity index (χ2n) is 7.32. The van der Waals surface area contributed by atoms with E-state index in [0.29, 0.717) is 25.2 Å². The summed E-state index contributed by atoms with van der Waals surface area (Å²) in [4.78, 5) is 31.1. The molecule has 0 bridgehead atoms. The molecule has 0 radical (unpaired) electrons. The van der Waals surface area contributed by atoms with E-state index in [2.05, 4.69) is 15.4 Å². The maximum Gasteiger partial charge on any atom is 0.254 e. The number of carbonyl (C=O) groups is 2. The number of fused-ring (bicyclic) bond motifs is 1. The molecular weight excluding hydrogens is 382 g/mol. The largest absolute Gasteiger partial charge is 0.508 e. The minimum atomic E-state index is -0.245. The number of hydrogen-bond donors (Lipinski definition) is 2. The fourth-order valence-electron chi connectivity index (χ4n) is 3.70. The van der Waals surface area contributed by atoms with Crippen LogP contribution in [0.3, 0.4) is 0 Å². The molecule has 154 valence electrons. The van der Waals surface area contributed by atoms with E-state index in [4.69, 9.17) is 0 Å². The highest BCUT2D eigenvalue weighted by Crippen LogP contribution is 2.25. The highest BCUT2D eigenvalue weighted by atomic mass is 16.3. The molecule has 2 aromatic heterocycles. The normalized spacial score (nSPS) is 15.5. The first-order valence-electron chi connectivity index (χ1n) is 9.86. The van der Waals surface area contributed by atoms with Gasteiger partial charge in [0, 0.05) is 37.2 Å². The van der Waals surface area contributed by atoms with Crippen molar-refractivity contribution in [3.05, 3.63) is 77.9 Å². The number of amides is 2. The van der Waals surface area contributed by atoms with Crippen LogP contribution in [0.25, 0.3) is 0 Å². The predicted octanol–water partition coefficient (Wildman–Crippen LogP) is 1.93. The van der Waals surface area contributed by atoms with Crippen molar-refractivity contribution in [1.82, 2.24) is 25.0 Å². The molecule has 1 aromatic carbocycles. The molecule has 0 saturated heterocycles. The van der Waals surface area contributed by atoms with Crippen molar-refractivity contribution in [2.75, 3.05) is 13.1 Å². The Labute approximate surface area is 174 Å². The Morgan fingerprint density at radius 3 is 2.77 bits per heavy atom. The van der Waals surface area contributed by atoms with Gasteiger partial charge in [-0.25, -0.2) is 0 Å². The summed E-state index contributed by atoms with van der Waals surface area (Å²) >= 11 is 0. The topological polar surface area (TPSA) is 100 Å². The van der Waals surface area contributed by atoms with Crippen molar-refractivity contribution in [3.8, 4) is 5.75 Å². The summed E-state index contributed by atoms with van der Waals surface area (Å²) in [5, 5.41) is 17.0. The van der Waals surface area contributed by atoms with Gasteiger partial charge in [-0.05, 0) is 48.4 Å². The van der Waals surface area contributed by atoms with Gasteiger partial charge in [-0.1, -0.05) is 6.07 Å². The molecule has 4 rings (SSSR count). The molecule has 3 heterocycles. The fraction of sp³-hybridized carbons (Fsp3) is 0.273. The molecule has 0 spiro atoms. The molecule has 8 heteroatoms. The Kier molecular flexibility index (Phi) is 5.74. The summed E-state index contributed by atoms with van der Waals surface area (Å²) in [7, 11) is 0. The van der Waals surface area contributed by atoms with Crippen LogP contribution < -0.4 is 5.32 Å². The van der Waals surface area contributed by atoms with Crippen LogP contribution in [0, 0.1) is 0 Å². The Morgan fingerprint density at radius 2 is 1.97 bits per heavy atom. The standard InChI is InChI=1S/C22H23N5O3/c28-20-3-1-2-17(12-20)22(30)26-14-18-7-11-25-27(18)19(15-26)13-21(29)24-10-6-16-4-8-23-9-5-16/h1-5,7-9,11-12,19,28H,6,10,13-15H2,(H,24,29). The van der Waals surface area contributed by atoms with Crippen molar-refractivity contribution < 1.29 is 14.7 Å². The minimum Gasteiger partial charge on any atom is -0.508 e. The molecule has 1 aliphatic rings. The number of nitrogens with one attached hydrogen (secondary N) is 1. The molecule has 1 atom stereocenters. The van der Waals surface area contributed by atoms with E-state index in [1.807, 2.05) is 22.9 Å². The lowest BCUT2D eigenvalue weighted by Crippen LogP contribution is -2.43. The van der Waals surface area contributed by atoms with Gasteiger partial charge in [0.15, 0.2) is 0 Å². The van der Waals surface area contributed by atoms with Gasteiger partial charge in [-0.2, -0.15) is 5.10 Å². The number of phenols is 1. The number of nitrogens with zero attached hydrogens (tertiary/aromatic N) is 4. The van der Waals surface area contributed by atoms with E-state index in [9.17, 15) is 14.7 Å². The Hall–Kier alpha value is -3.68. The number of aromatic hydroxyl groups is 1. The van der Waals surface area contributed by atoms with Crippen LogP contribution in [0.4, 0.5) is 0 Å². The minimum absolute atomic E-state index is 0.0491. The van der Waals surface area contributed by atoms with Crippen LogP contribution in [-0.4, -0.2) is 49.7 Å². The van der Waals surface area contributed by atoms with Crippen LogP contribution in [0.2, 0.25) is 0 Å². The second kappa shape index (κ2) is 8.77. The van der Waals surface area contributed by atoms with Gasteiger partial charge in [0.25, 0.3) is 5.91 Å². The number of hydrogen-bond acceptors (Lipinski definition) is 5. The fourth-order valence-corrected chi connectivity index (χ4v) is 3.70. The first-order chi connectivity index (χ1) is 14.6. The van der Waals surface area contributed by atoms with Gasteiger partial charge in [0.1, 0.15) is 5.75 Å². The molecule has 0 saturated carbocycles. The smallest absolute Gasteiger partial charge is 0.254 e. The predicted molar refractivity (Wildman–Crippen MR) is 110 cm³/mol. The monoisotopic (exact) mass is 405 g/mol. The third-order valence-electron chi connectivity index (χ3n) is 5.17. The third-order valence-corrected chi connectivity index (χ3v) is 5.17. The SMILES string of the molecule is O=C(CC1CN(C(=O)c2cccc(O)c2)Cc2ccnn21)NCCc1ccncc1. The molecule has 2 N–H and O–H groups in total. The van der Waals surface area contributed by atoms with Crippen LogP contribution in [0.15, 0.2) is 61.1 Å². The maximum atomic E-state index is 12.9. The van der Waals surface area contributed by atoms with Gasteiger partial charge in [-0.3, -0.25) is 19.3 Å². The van der Waals surface area contributed by atoms with Crippen LogP contribution in [-0.2, 0) is 17.8 Å². The lowest BCUT2D eigenvalue weighted by atomic mass is 10.1. The quantitative estimate of drug-likeness (QED) is 0.653. The van der Waals surface area contributed by atoms with Crippen molar-refractivity contribution in [3.63, 3.8) is 0 Å². The van der Waals surface area contributed by atoms with Crippen molar-refractivity contribution >= 4 is 11.8 Å². The molecule has 30 heavy (non-hydrogen) atoms. The number of rotatable bonds is 6. The zero-order valence-corrected chi connectivity index (χ0v) is 16.4. The van der Waals surface area contributed by atoms with Crippen molar-refractivity contribution in [2.45, 2.75) is 25.4 Å². The lowest BCUT2D eigenvalue weighted by Gasteiger charge is -2.33. The molecule has 0 fully saturated rings. The number of carbonyl (C=O) groups excluding carboxylic acids is 2. The van der Waals surface area contributed by atoms with Crippen LogP contribution in [0.1, 0.15) is 34.1 Å². The summed E-state index contributed by atoms with van der Waals surface area (Å²) < 4.78 is 1.83. The summed E-state index contributed by atoms with van der Waals surface area (Å²) in [5.41, 5.74) is 2.41. The molecule has 2 amide bonds. The number of aromatic nitrogens is 3. The first-order valence-corrected chi connectivity index (χ1v) is 9.86. The average Bonchev–Trinajstić information content (AvgIpc) is 3.23. The average molecular weight is 405 g/mol. The van der Waals surface area contributed by atoms with Crippen molar-refractivity contribution in [1.29, 1.82) is 0 Å². The zero-order valence-electron chi connectivity index (χ0n) is 16.4. The highest BCUT2D eigenvalue weighted by Gasteiger charge is 2.30. The van der Waals surface area contributed by atoms with Crippen LogP contribution >= 0.6 is 0 Å². The summed E-state index contributed by atoms with van der Waals surface area (Å²) in [5.74, 6) is -0.211.